The zero-order chi connectivity index (χ0) is 19.4. The van der Waals surface area contributed by atoms with Crippen molar-refractivity contribution in [2.24, 2.45) is 5.92 Å². The first kappa shape index (κ1) is 19.0. The van der Waals surface area contributed by atoms with Crippen LogP contribution in [-0.2, 0) is 11.4 Å². The van der Waals surface area contributed by atoms with E-state index in [0.717, 1.165) is 0 Å². The normalized spacial score (nSPS) is 15.6. The number of thiocarbonyl (C=S) groups is 1. The number of benzene rings is 1. The Hall–Kier alpha value is -2.80. The van der Waals surface area contributed by atoms with E-state index in [2.05, 4.69) is 5.32 Å². The fraction of sp³-hybridized carbons (Fsp3) is 0.300. The van der Waals surface area contributed by atoms with E-state index in [9.17, 15) is 4.79 Å². The zero-order valence-corrected chi connectivity index (χ0v) is 16.3. The second-order valence-electron chi connectivity index (χ2n) is 6.54. The highest BCUT2D eigenvalue weighted by molar-refractivity contribution is 7.80. The van der Waals surface area contributed by atoms with Gasteiger partial charge in [-0.1, -0.05) is 26.0 Å². The largest absolute Gasteiger partial charge is 0.493 e. The summed E-state index contributed by atoms with van der Waals surface area (Å²) in [5.41, 5.74) is 0.409. The molecule has 0 saturated carbocycles. The van der Waals surface area contributed by atoms with Crippen LogP contribution in [0.2, 0.25) is 0 Å². The molecule has 0 radical (unpaired) electrons. The van der Waals surface area contributed by atoms with Gasteiger partial charge in [0.2, 0.25) is 0 Å². The number of amides is 1. The Balaban J connectivity index is 1.66. The molecule has 1 amide bonds. The van der Waals surface area contributed by atoms with Crippen molar-refractivity contribution in [2.75, 3.05) is 13.7 Å². The van der Waals surface area contributed by atoms with Gasteiger partial charge in [-0.2, -0.15) is 0 Å². The summed E-state index contributed by atoms with van der Waals surface area (Å²) in [5, 5.41) is 3.37. The molecule has 1 aromatic heterocycles. The Morgan fingerprint density at radius 3 is 2.67 bits per heavy atom. The number of furan rings is 1. The SMILES string of the molecule is COc1ccccc1OCc1ccc(/C=C2/NC(=S)N(CC(C)C)C2=O)o1. The number of nitrogens with zero attached hydrogens (tertiary/aromatic N) is 1. The highest BCUT2D eigenvalue weighted by Crippen LogP contribution is 2.27. The minimum atomic E-state index is -0.142. The molecule has 1 aliphatic heterocycles. The molecule has 0 unspecified atom stereocenters. The van der Waals surface area contributed by atoms with Crippen molar-refractivity contribution in [3.8, 4) is 11.5 Å². The molecule has 1 aliphatic rings. The summed E-state index contributed by atoms with van der Waals surface area (Å²) >= 11 is 5.24. The van der Waals surface area contributed by atoms with Crippen molar-refractivity contribution in [3.63, 3.8) is 0 Å². The molecule has 27 heavy (non-hydrogen) atoms. The molecule has 2 heterocycles. The highest BCUT2D eigenvalue weighted by Gasteiger charge is 2.31. The monoisotopic (exact) mass is 386 g/mol. The van der Waals surface area contributed by atoms with E-state index < -0.39 is 0 Å². The first-order valence-corrected chi connectivity index (χ1v) is 9.08. The zero-order valence-electron chi connectivity index (χ0n) is 15.5. The van der Waals surface area contributed by atoms with E-state index in [-0.39, 0.29) is 12.5 Å². The van der Waals surface area contributed by atoms with E-state index in [1.165, 1.54) is 0 Å². The number of para-hydroxylation sites is 2. The van der Waals surface area contributed by atoms with E-state index in [1.54, 1.807) is 24.2 Å². The van der Waals surface area contributed by atoms with Gasteiger partial charge >= 0.3 is 0 Å². The van der Waals surface area contributed by atoms with Crippen molar-refractivity contribution in [3.05, 3.63) is 53.6 Å². The van der Waals surface area contributed by atoms with Crippen molar-refractivity contribution in [1.82, 2.24) is 10.2 Å². The van der Waals surface area contributed by atoms with Crippen molar-refractivity contribution in [2.45, 2.75) is 20.5 Å². The summed E-state index contributed by atoms with van der Waals surface area (Å²) in [6.07, 6.45) is 1.65. The summed E-state index contributed by atoms with van der Waals surface area (Å²) < 4.78 is 16.7. The maximum atomic E-state index is 12.5. The van der Waals surface area contributed by atoms with Gasteiger partial charge in [-0.15, -0.1) is 0 Å². The maximum Gasteiger partial charge on any atom is 0.276 e. The lowest BCUT2D eigenvalue weighted by Gasteiger charge is -2.15. The Labute approximate surface area is 163 Å². The van der Waals surface area contributed by atoms with Gasteiger partial charge in [-0.25, -0.2) is 0 Å². The van der Waals surface area contributed by atoms with Crippen LogP contribution in [0.25, 0.3) is 6.08 Å². The fourth-order valence-electron chi connectivity index (χ4n) is 2.68. The van der Waals surface area contributed by atoms with Crippen LogP contribution in [0, 0.1) is 5.92 Å². The minimum Gasteiger partial charge on any atom is -0.493 e. The molecule has 1 N–H and O–H groups in total. The van der Waals surface area contributed by atoms with Crippen molar-refractivity contribution >= 4 is 29.3 Å². The van der Waals surface area contributed by atoms with Crippen LogP contribution in [0.4, 0.5) is 0 Å². The predicted octanol–water partition coefficient (Wildman–Crippen LogP) is 3.58. The quantitative estimate of drug-likeness (QED) is 0.580. The van der Waals surface area contributed by atoms with E-state index in [4.69, 9.17) is 26.1 Å². The topological polar surface area (TPSA) is 63.9 Å². The molecule has 142 valence electrons. The van der Waals surface area contributed by atoms with Crippen LogP contribution in [0.15, 0.2) is 46.5 Å². The Morgan fingerprint density at radius 1 is 1.22 bits per heavy atom. The maximum absolute atomic E-state index is 12.5. The van der Waals surface area contributed by atoms with Crippen LogP contribution < -0.4 is 14.8 Å². The van der Waals surface area contributed by atoms with Crippen LogP contribution >= 0.6 is 12.2 Å². The van der Waals surface area contributed by atoms with E-state index >= 15 is 0 Å². The van der Waals surface area contributed by atoms with Gasteiger partial charge in [0.25, 0.3) is 5.91 Å². The lowest BCUT2D eigenvalue weighted by molar-refractivity contribution is -0.122. The number of rotatable bonds is 7. The average molecular weight is 386 g/mol. The van der Waals surface area contributed by atoms with E-state index in [0.29, 0.717) is 46.3 Å². The third-order valence-corrected chi connectivity index (χ3v) is 4.24. The first-order valence-electron chi connectivity index (χ1n) is 8.67. The van der Waals surface area contributed by atoms with Gasteiger partial charge in [-0.3, -0.25) is 9.69 Å². The van der Waals surface area contributed by atoms with E-state index in [1.807, 2.05) is 44.2 Å². The second kappa shape index (κ2) is 8.26. The number of carbonyl (C=O) groups excluding carboxylic acids is 1. The summed E-state index contributed by atoms with van der Waals surface area (Å²) in [5.74, 6) is 2.68. The number of carbonyl (C=O) groups is 1. The van der Waals surface area contributed by atoms with Gasteiger partial charge in [0.15, 0.2) is 16.6 Å². The smallest absolute Gasteiger partial charge is 0.276 e. The summed E-state index contributed by atoms with van der Waals surface area (Å²) in [7, 11) is 1.60. The molecular formula is C20H22N2O4S. The van der Waals surface area contributed by atoms with Crippen molar-refractivity contribution < 1.29 is 18.7 Å². The van der Waals surface area contributed by atoms with Crippen molar-refractivity contribution in [1.29, 1.82) is 0 Å². The molecule has 0 bridgehead atoms. The molecule has 6 nitrogen and oxygen atoms in total. The molecule has 3 rings (SSSR count). The predicted molar refractivity (Wildman–Crippen MR) is 106 cm³/mol. The Morgan fingerprint density at radius 2 is 1.96 bits per heavy atom. The number of nitrogens with one attached hydrogen (secondary N) is 1. The van der Waals surface area contributed by atoms with Gasteiger partial charge in [0.05, 0.1) is 7.11 Å². The summed E-state index contributed by atoms with van der Waals surface area (Å²) in [6.45, 7) is 4.91. The minimum absolute atomic E-state index is 0.142. The van der Waals surface area contributed by atoms with Gasteiger partial charge in [0.1, 0.15) is 23.8 Å². The van der Waals surface area contributed by atoms with Gasteiger partial charge in [-0.05, 0) is 42.4 Å². The third-order valence-electron chi connectivity index (χ3n) is 3.92. The average Bonchev–Trinajstić information content (AvgIpc) is 3.20. The summed E-state index contributed by atoms with van der Waals surface area (Å²) in [4.78, 5) is 14.0. The van der Waals surface area contributed by atoms with Crippen LogP contribution in [0.3, 0.4) is 0 Å². The Kier molecular flexibility index (Phi) is 5.81. The number of hydrogen-bond acceptors (Lipinski definition) is 5. The lowest BCUT2D eigenvalue weighted by Crippen LogP contribution is -2.33. The molecule has 2 aromatic rings. The van der Waals surface area contributed by atoms with Crippen LogP contribution in [0.1, 0.15) is 25.4 Å². The standard InChI is InChI=1S/C20H22N2O4S/c1-13(2)11-22-19(23)16(21-20(22)27)10-14-8-9-15(26-14)12-25-18-7-5-4-6-17(18)24-3/h4-10,13H,11-12H2,1-3H3,(H,21,27)/b16-10+. The molecule has 0 spiro atoms. The second-order valence-corrected chi connectivity index (χ2v) is 6.93. The molecule has 1 fully saturated rings. The molecular weight excluding hydrogens is 364 g/mol. The van der Waals surface area contributed by atoms with Crippen LogP contribution in [-0.4, -0.2) is 29.6 Å². The molecule has 1 saturated heterocycles. The Bertz CT molecular complexity index is 872. The molecule has 7 heteroatoms. The third kappa shape index (κ3) is 4.49. The van der Waals surface area contributed by atoms with Gasteiger partial charge < -0.3 is 19.2 Å². The number of methoxy groups -OCH3 is 1. The fourth-order valence-corrected chi connectivity index (χ4v) is 2.95. The lowest BCUT2D eigenvalue weighted by atomic mass is 10.2. The molecule has 0 aliphatic carbocycles. The molecule has 1 aromatic carbocycles. The van der Waals surface area contributed by atoms with Crippen LogP contribution in [0.5, 0.6) is 11.5 Å². The van der Waals surface area contributed by atoms with Gasteiger partial charge in [0, 0.05) is 12.6 Å². The summed E-state index contributed by atoms with van der Waals surface area (Å²) in [6, 6.07) is 11.0. The number of ether oxygens (including phenoxy) is 2. The first-order chi connectivity index (χ1) is 13.0. The molecule has 0 atom stereocenters. The number of hydrogen-bond donors (Lipinski definition) is 1. The highest BCUT2D eigenvalue weighted by atomic mass is 32.1.